The van der Waals surface area contributed by atoms with Crippen LogP contribution in [-0.4, -0.2) is 48.9 Å². The molecule has 0 unspecified atom stereocenters. The molecule has 4 aliphatic carbocycles. The molecule has 0 spiro atoms. The number of nitrogens with zero attached hydrogens (tertiary/aromatic N) is 2. The van der Waals surface area contributed by atoms with Crippen molar-refractivity contribution in [3.63, 3.8) is 0 Å². The number of anilines is 1. The van der Waals surface area contributed by atoms with Crippen molar-refractivity contribution in [3.05, 3.63) is 30.1 Å². The largest absolute Gasteiger partial charge is 0.366 e. The summed E-state index contributed by atoms with van der Waals surface area (Å²) in [5.41, 5.74) is 0.911. The predicted octanol–water partition coefficient (Wildman–Crippen LogP) is 4.61. The lowest BCUT2D eigenvalue weighted by atomic mass is 9.48. The molecule has 1 aliphatic heterocycles. The van der Waals surface area contributed by atoms with Gasteiger partial charge in [-0.2, -0.15) is 0 Å². The van der Waals surface area contributed by atoms with Crippen LogP contribution in [-0.2, 0) is 9.59 Å². The summed E-state index contributed by atoms with van der Waals surface area (Å²) >= 11 is 0. The van der Waals surface area contributed by atoms with Crippen molar-refractivity contribution in [2.24, 2.45) is 29.1 Å². The van der Waals surface area contributed by atoms with Crippen molar-refractivity contribution in [1.82, 2.24) is 10.2 Å². The number of para-hydroxylation sites is 1. The van der Waals surface area contributed by atoms with Crippen LogP contribution in [0, 0.1) is 34.9 Å². The highest BCUT2D eigenvalue weighted by atomic mass is 19.1. The van der Waals surface area contributed by atoms with E-state index in [-0.39, 0.29) is 29.6 Å². The number of hydrogen-bond donors (Lipinski definition) is 1. The van der Waals surface area contributed by atoms with Gasteiger partial charge >= 0.3 is 0 Å². The highest BCUT2D eigenvalue weighted by molar-refractivity contribution is 5.80. The molecular formula is C28H40FN3O2. The molecule has 1 heterocycles. The molecule has 34 heavy (non-hydrogen) atoms. The minimum atomic E-state index is -0.218. The zero-order valence-corrected chi connectivity index (χ0v) is 20.8. The molecule has 6 heteroatoms. The number of hydrogen-bond acceptors (Lipinski definition) is 3. The summed E-state index contributed by atoms with van der Waals surface area (Å²) in [4.78, 5) is 29.6. The predicted molar refractivity (Wildman–Crippen MR) is 132 cm³/mol. The fourth-order valence-electron chi connectivity index (χ4n) is 7.88. The summed E-state index contributed by atoms with van der Waals surface area (Å²) in [6.45, 7) is 6.66. The Bertz CT molecular complexity index is 875. The highest BCUT2D eigenvalue weighted by Gasteiger charge is 2.53. The quantitative estimate of drug-likeness (QED) is 0.634. The number of rotatable bonds is 7. The minimum absolute atomic E-state index is 0.0145. The minimum Gasteiger partial charge on any atom is -0.366 e. The number of carbonyl (C=O) groups excluding carboxylic acids is 2. The van der Waals surface area contributed by atoms with Crippen molar-refractivity contribution in [1.29, 1.82) is 0 Å². The maximum Gasteiger partial charge on any atom is 0.222 e. The Balaban J connectivity index is 1.07. The van der Waals surface area contributed by atoms with Crippen LogP contribution in [0.1, 0.15) is 65.2 Å². The lowest BCUT2D eigenvalue weighted by Crippen LogP contribution is -2.56. The van der Waals surface area contributed by atoms with E-state index < -0.39 is 0 Å². The summed E-state index contributed by atoms with van der Waals surface area (Å²) in [5, 5.41) is 3.34. The van der Waals surface area contributed by atoms with Crippen LogP contribution in [0.3, 0.4) is 0 Å². The monoisotopic (exact) mass is 469 g/mol. The first kappa shape index (κ1) is 23.6. The summed E-state index contributed by atoms with van der Waals surface area (Å²) in [6, 6.07) is 7.02. The molecule has 5 aliphatic rings. The van der Waals surface area contributed by atoms with Gasteiger partial charge in [0, 0.05) is 45.1 Å². The van der Waals surface area contributed by atoms with Crippen molar-refractivity contribution >= 4 is 17.5 Å². The lowest BCUT2D eigenvalue weighted by Gasteiger charge is -2.59. The van der Waals surface area contributed by atoms with E-state index in [0.29, 0.717) is 50.1 Å². The smallest absolute Gasteiger partial charge is 0.222 e. The first-order valence-corrected chi connectivity index (χ1v) is 13.4. The fourth-order valence-corrected chi connectivity index (χ4v) is 7.88. The zero-order chi connectivity index (χ0) is 23.9. The Morgan fingerprint density at radius 2 is 1.56 bits per heavy atom. The Hall–Kier alpha value is -2.11. The Morgan fingerprint density at radius 1 is 0.971 bits per heavy atom. The fraction of sp³-hybridized carbons (Fsp3) is 0.714. The summed E-state index contributed by atoms with van der Waals surface area (Å²) < 4.78 is 14.1. The highest BCUT2D eigenvalue weighted by Crippen LogP contribution is 2.61. The topological polar surface area (TPSA) is 52.7 Å². The van der Waals surface area contributed by atoms with Crippen LogP contribution in [0.25, 0.3) is 0 Å². The second-order valence-corrected chi connectivity index (χ2v) is 11.9. The third kappa shape index (κ3) is 4.83. The van der Waals surface area contributed by atoms with E-state index in [1.165, 1.54) is 44.6 Å². The Morgan fingerprint density at radius 3 is 2.15 bits per heavy atom. The first-order valence-electron chi connectivity index (χ1n) is 13.4. The van der Waals surface area contributed by atoms with Crippen LogP contribution in [0.4, 0.5) is 10.1 Å². The molecule has 5 fully saturated rings. The Kier molecular flexibility index (Phi) is 6.60. The van der Waals surface area contributed by atoms with Crippen LogP contribution >= 0.6 is 0 Å². The average molecular weight is 470 g/mol. The molecule has 4 saturated carbocycles. The number of amides is 2. The number of piperazine rings is 1. The maximum atomic E-state index is 14.1. The van der Waals surface area contributed by atoms with E-state index in [1.54, 1.807) is 12.1 Å². The lowest BCUT2D eigenvalue weighted by molar-refractivity contribution is -0.133. The second-order valence-electron chi connectivity index (χ2n) is 11.9. The van der Waals surface area contributed by atoms with Gasteiger partial charge in [0.15, 0.2) is 0 Å². The van der Waals surface area contributed by atoms with Crippen molar-refractivity contribution in [2.45, 2.75) is 71.3 Å². The molecule has 1 N–H and O–H groups in total. The van der Waals surface area contributed by atoms with Gasteiger partial charge in [0.2, 0.25) is 11.8 Å². The van der Waals surface area contributed by atoms with Gasteiger partial charge in [-0.15, -0.1) is 0 Å². The number of benzene rings is 1. The molecule has 5 nitrogen and oxygen atoms in total. The zero-order valence-electron chi connectivity index (χ0n) is 20.8. The van der Waals surface area contributed by atoms with E-state index in [4.69, 9.17) is 0 Å². The van der Waals surface area contributed by atoms with Gasteiger partial charge in [-0.3, -0.25) is 9.59 Å². The van der Waals surface area contributed by atoms with Gasteiger partial charge in [-0.05, 0) is 86.7 Å². The molecule has 1 saturated heterocycles. The summed E-state index contributed by atoms with van der Waals surface area (Å²) in [6.07, 6.45) is 8.87. The normalized spacial score (nSPS) is 31.9. The third-order valence-corrected chi connectivity index (χ3v) is 9.26. The van der Waals surface area contributed by atoms with Gasteiger partial charge in [-0.1, -0.05) is 19.1 Å². The molecule has 186 valence electrons. The molecule has 6 rings (SSSR count). The van der Waals surface area contributed by atoms with Gasteiger partial charge in [-0.25, -0.2) is 4.39 Å². The summed E-state index contributed by atoms with van der Waals surface area (Å²) in [7, 11) is 0. The number of halogens is 1. The van der Waals surface area contributed by atoms with E-state index in [9.17, 15) is 14.0 Å². The average Bonchev–Trinajstić information content (AvgIpc) is 2.78. The van der Waals surface area contributed by atoms with E-state index in [2.05, 4.69) is 12.2 Å². The third-order valence-electron chi connectivity index (χ3n) is 9.26. The van der Waals surface area contributed by atoms with Crippen LogP contribution in [0.5, 0.6) is 0 Å². The molecule has 0 radical (unpaired) electrons. The van der Waals surface area contributed by atoms with Crippen LogP contribution < -0.4 is 10.2 Å². The van der Waals surface area contributed by atoms with Crippen molar-refractivity contribution in [3.8, 4) is 0 Å². The van der Waals surface area contributed by atoms with Crippen LogP contribution in [0.2, 0.25) is 0 Å². The van der Waals surface area contributed by atoms with E-state index in [1.807, 2.05) is 22.8 Å². The molecular weight excluding hydrogens is 429 g/mol. The Labute approximate surface area is 203 Å². The van der Waals surface area contributed by atoms with Gasteiger partial charge in [0.1, 0.15) is 5.82 Å². The van der Waals surface area contributed by atoms with Gasteiger partial charge in [0.05, 0.1) is 5.69 Å². The molecule has 1 aromatic rings. The van der Waals surface area contributed by atoms with Crippen molar-refractivity contribution in [2.75, 3.05) is 31.1 Å². The van der Waals surface area contributed by atoms with Crippen molar-refractivity contribution < 1.29 is 14.0 Å². The second kappa shape index (κ2) is 9.50. The standard InChI is InChI=1S/C28H40FN3O2/c1-19(12-27(34)32-9-7-31(8-10-32)25-6-4-3-5-24(25)29)11-26(33)30-20(2)28-16-21-13-22(17-28)15-23(14-21)18-28/h3-6,19-23H,7-18H2,1-2H3,(H,30,33)/t19-,20+,21?,22?,23?,28?/m0/s1. The molecule has 2 amide bonds. The number of carbonyl (C=O) groups is 2. The van der Waals surface area contributed by atoms with E-state index >= 15 is 0 Å². The molecule has 0 aromatic heterocycles. The first-order chi connectivity index (χ1) is 16.3. The maximum absolute atomic E-state index is 14.1. The van der Waals surface area contributed by atoms with Gasteiger partial charge in [0.25, 0.3) is 0 Å². The van der Waals surface area contributed by atoms with Gasteiger partial charge < -0.3 is 15.1 Å². The SMILES string of the molecule is C[C@@H](CC(=O)N[C@H](C)C12CC3CC(CC(C3)C1)C2)CC(=O)N1CCN(c2ccccc2F)CC1. The molecule has 1 aromatic carbocycles. The molecule has 4 bridgehead atoms. The number of nitrogens with one attached hydrogen (secondary N) is 1. The van der Waals surface area contributed by atoms with E-state index in [0.717, 1.165) is 17.8 Å². The van der Waals surface area contributed by atoms with Crippen LogP contribution in [0.15, 0.2) is 24.3 Å². The summed E-state index contributed by atoms with van der Waals surface area (Å²) in [5.74, 6) is 2.61. The molecule has 2 atom stereocenters.